The molecule has 0 aliphatic heterocycles. The molecule has 1 nitrogen and oxygen atoms in total. The van der Waals surface area contributed by atoms with Gasteiger partial charge < -0.3 is 5.32 Å². The SMILES string of the molecule is CCNC(c1cccc(Br)c1)c1cc(C)c(F)c(C)c1. The fourth-order valence-corrected chi connectivity index (χ4v) is 2.88. The van der Waals surface area contributed by atoms with Gasteiger partial charge >= 0.3 is 0 Å². The second-order valence-corrected chi connectivity index (χ2v) is 5.93. The molecule has 0 aliphatic rings. The summed E-state index contributed by atoms with van der Waals surface area (Å²) >= 11 is 3.51. The van der Waals surface area contributed by atoms with Crippen molar-refractivity contribution >= 4 is 15.9 Å². The van der Waals surface area contributed by atoms with Crippen LogP contribution in [-0.2, 0) is 0 Å². The van der Waals surface area contributed by atoms with Gasteiger partial charge in [0.1, 0.15) is 5.82 Å². The van der Waals surface area contributed by atoms with E-state index in [0.717, 1.165) is 16.6 Å². The molecule has 1 unspecified atom stereocenters. The molecule has 0 heterocycles. The highest BCUT2D eigenvalue weighted by atomic mass is 79.9. The minimum atomic E-state index is -0.113. The summed E-state index contributed by atoms with van der Waals surface area (Å²) in [5.41, 5.74) is 3.66. The van der Waals surface area contributed by atoms with Gasteiger partial charge in [-0.15, -0.1) is 0 Å². The molecule has 0 spiro atoms. The van der Waals surface area contributed by atoms with Crippen molar-refractivity contribution in [3.8, 4) is 0 Å². The average Bonchev–Trinajstić information content (AvgIpc) is 2.41. The highest BCUT2D eigenvalue weighted by Gasteiger charge is 2.15. The van der Waals surface area contributed by atoms with E-state index in [4.69, 9.17) is 0 Å². The van der Waals surface area contributed by atoms with Crippen molar-refractivity contribution < 1.29 is 4.39 Å². The Balaban J connectivity index is 2.48. The summed E-state index contributed by atoms with van der Waals surface area (Å²) < 4.78 is 14.8. The minimum Gasteiger partial charge on any atom is -0.307 e. The lowest BCUT2D eigenvalue weighted by atomic mass is 9.95. The lowest BCUT2D eigenvalue weighted by molar-refractivity contribution is 0.598. The quantitative estimate of drug-likeness (QED) is 0.837. The van der Waals surface area contributed by atoms with Crippen LogP contribution in [0.1, 0.15) is 35.2 Å². The predicted molar refractivity (Wildman–Crippen MR) is 85.5 cm³/mol. The number of rotatable bonds is 4. The minimum absolute atomic E-state index is 0.0792. The Bertz CT molecular complexity index is 587. The molecule has 1 atom stereocenters. The summed E-state index contributed by atoms with van der Waals surface area (Å²) in [6, 6.07) is 12.1. The van der Waals surface area contributed by atoms with E-state index in [1.54, 1.807) is 0 Å². The van der Waals surface area contributed by atoms with Crippen LogP contribution in [-0.4, -0.2) is 6.54 Å². The number of aryl methyl sites for hydroxylation is 2. The molecular formula is C17H19BrFN. The molecule has 1 N–H and O–H groups in total. The second-order valence-electron chi connectivity index (χ2n) is 5.01. The Morgan fingerprint density at radius 1 is 1.10 bits per heavy atom. The van der Waals surface area contributed by atoms with Gasteiger partial charge in [-0.25, -0.2) is 4.39 Å². The summed E-state index contributed by atoms with van der Waals surface area (Å²) in [5, 5.41) is 3.47. The highest BCUT2D eigenvalue weighted by Crippen LogP contribution is 2.27. The van der Waals surface area contributed by atoms with Crippen LogP contribution in [0.2, 0.25) is 0 Å². The molecule has 2 rings (SSSR count). The van der Waals surface area contributed by atoms with Gasteiger partial charge in [0.05, 0.1) is 6.04 Å². The smallest absolute Gasteiger partial charge is 0.129 e. The van der Waals surface area contributed by atoms with Crippen LogP contribution in [0.4, 0.5) is 4.39 Å². The van der Waals surface area contributed by atoms with E-state index in [1.807, 2.05) is 38.1 Å². The zero-order valence-electron chi connectivity index (χ0n) is 12.0. The van der Waals surface area contributed by atoms with Crippen molar-refractivity contribution in [1.29, 1.82) is 0 Å². The lowest BCUT2D eigenvalue weighted by Gasteiger charge is -2.20. The van der Waals surface area contributed by atoms with Crippen LogP contribution in [0.25, 0.3) is 0 Å². The van der Waals surface area contributed by atoms with Gasteiger partial charge in [-0.3, -0.25) is 0 Å². The number of benzene rings is 2. The molecule has 20 heavy (non-hydrogen) atoms. The molecule has 2 aromatic carbocycles. The fraction of sp³-hybridized carbons (Fsp3) is 0.294. The van der Waals surface area contributed by atoms with E-state index >= 15 is 0 Å². The van der Waals surface area contributed by atoms with Gasteiger partial charge in [0.25, 0.3) is 0 Å². The van der Waals surface area contributed by atoms with Crippen LogP contribution < -0.4 is 5.32 Å². The Morgan fingerprint density at radius 3 is 2.30 bits per heavy atom. The van der Waals surface area contributed by atoms with Gasteiger partial charge in [-0.05, 0) is 54.8 Å². The summed E-state index contributed by atoms with van der Waals surface area (Å²) in [4.78, 5) is 0. The van der Waals surface area contributed by atoms with E-state index in [0.29, 0.717) is 11.1 Å². The molecule has 0 saturated carbocycles. The van der Waals surface area contributed by atoms with E-state index in [1.165, 1.54) is 5.56 Å². The van der Waals surface area contributed by atoms with Crippen molar-refractivity contribution in [3.05, 3.63) is 68.9 Å². The zero-order chi connectivity index (χ0) is 14.7. The van der Waals surface area contributed by atoms with E-state index < -0.39 is 0 Å². The van der Waals surface area contributed by atoms with Crippen LogP contribution in [0.15, 0.2) is 40.9 Å². The van der Waals surface area contributed by atoms with Gasteiger partial charge in [0.2, 0.25) is 0 Å². The van der Waals surface area contributed by atoms with Crippen molar-refractivity contribution in [2.45, 2.75) is 26.8 Å². The molecule has 0 aliphatic carbocycles. The second kappa shape index (κ2) is 6.51. The summed E-state index contributed by atoms with van der Waals surface area (Å²) in [6.45, 7) is 6.56. The molecule has 0 bridgehead atoms. The molecule has 0 saturated heterocycles. The fourth-order valence-electron chi connectivity index (χ4n) is 2.46. The van der Waals surface area contributed by atoms with Crippen LogP contribution in [0.3, 0.4) is 0 Å². The highest BCUT2D eigenvalue weighted by molar-refractivity contribution is 9.10. The molecule has 0 aromatic heterocycles. The number of halogens is 2. The van der Waals surface area contributed by atoms with E-state index in [9.17, 15) is 4.39 Å². The van der Waals surface area contributed by atoms with Gasteiger partial charge in [0.15, 0.2) is 0 Å². The first kappa shape index (κ1) is 15.2. The van der Waals surface area contributed by atoms with Gasteiger partial charge in [-0.2, -0.15) is 0 Å². The topological polar surface area (TPSA) is 12.0 Å². The van der Waals surface area contributed by atoms with Crippen molar-refractivity contribution in [2.75, 3.05) is 6.54 Å². The number of hydrogen-bond donors (Lipinski definition) is 1. The predicted octanol–water partition coefficient (Wildman–Crippen LogP) is 4.90. The maximum absolute atomic E-state index is 13.8. The average molecular weight is 336 g/mol. The van der Waals surface area contributed by atoms with Crippen LogP contribution in [0.5, 0.6) is 0 Å². The third kappa shape index (κ3) is 3.28. The maximum Gasteiger partial charge on any atom is 0.129 e. The first-order valence-corrected chi connectivity index (χ1v) is 7.57. The third-order valence-corrected chi connectivity index (χ3v) is 3.88. The lowest BCUT2D eigenvalue weighted by Crippen LogP contribution is -2.22. The molecule has 2 aromatic rings. The van der Waals surface area contributed by atoms with Gasteiger partial charge in [-0.1, -0.05) is 47.1 Å². The third-order valence-electron chi connectivity index (χ3n) is 3.38. The summed E-state index contributed by atoms with van der Waals surface area (Å²) in [6.07, 6.45) is 0. The summed E-state index contributed by atoms with van der Waals surface area (Å²) in [7, 11) is 0. The Kier molecular flexibility index (Phi) is 4.95. The Hall–Kier alpha value is -1.19. The Morgan fingerprint density at radius 2 is 1.75 bits per heavy atom. The van der Waals surface area contributed by atoms with E-state index in [2.05, 4.69) is 40.3 Å². The normalized spacial score (nSPS) is 12.4. The van der Waals surface area contributed by atoms with E-state index in [-0.39, 0.29) is 11.9 Å². The van der Waals surface area contributed by atoms with Crippen LogP contribution in [0, 0.1) is 19.7 Å². The monoisotopic (exact) mass is 335 g/mol. The standard InChI is InChI=1S/C17H19BrFN/c1-4-20-17(13-6-5-7-15(18)10-13)14-8-11(2)16(19)12(3)9-14/h5-10,17,20H,4H2,1-3H3. The van der Waals surface area contributed by atoms with Crippen LogP contribution >= 0.6 is 15.9 Å². The molecule has 3 heteroatoms. The molecule has 0 fully saturated rings. The molecule has 0 amide bonds. The van der Waals surface area contributed by atoms with Crippen molar-refractivity contribution in [2.24, 2.45) is 0 Å². The molecule has 106 valence electrons. The zero-order valence-corrected chi connectivity index (χ0v) is 13.6. The van der Waals surface area contributed by atoms with Crippen molar-refractivity contribution in [3.63, 3.8) is 0 Å². The largest absolute Gasteiger partial charge is 0.307 e. The van der Waals surface area contributed by atoms with Gasteiger partial charge in [0, 0.05) is 4.47 Å². The first-order valence-electron chi connectivity index (χ1n) is 6.78. The number of nitrogens with one attached hydrogen (secondary N) is 1. The van der Waals surface area contributed by atoms with Crippen molar-refractivity contribution in [1.82, 2.24) is 5.32 Å². The number of hydrogen-bond acceptors (Lipinski definition) is 1. The molecule has 0 radical (unpaired) electrons. The summed E-state index contributed by atoms with van der Waals surface area (Å²) in [5.74, 6) is -0.113. The Labute approximate surface area is 128 Å². The first-order chi connectivity index (χ1) is 9.52. The molecular weight excluding hydrogens is 317 g/mol. The maximum atomic E-state index is 13.8.